The van der Waals surface area contributed by atoms with E-state index < -0.39 is 6.10 Å². The Hall–Kier alpha value is -2.81. The lowest BCUT2D eigenvalue weighted by atomic mass is 10.1. The second kappa shape index (κ2) is 10.5. The fraction of sp³-hybridized carbons (Fsp3) is 0.526. The monoisotopic (exact) mass is 391 g/mol. The minimum atomic E-state index is -0.780. The number of aliphatic hydroxyl groups is 1. The highest BCUT2D eigenvalue weighted by Gasteiger charge is 2.27. The molecule has 0 bridgehead atoms. The number of urea groups is 1. The third kappa shape index (κ3) is 6.41. The number of hydrogen-bond donors (Lipinski definition) is 4. The van der Waals surface area contributed by atoms with E-state index in [1.165, 1.54) is 0 Å². The lowest BCUT2D eigenvalue weighted by molar-refractivity contribution is -0.124. The summed E-state index contributed by atoms with van der Waals surface area (Å²) >= 11 is 0. The maximum Gasteiger partial charge on any atom is 0.324 e. The summed E-state index contributed by atoms with van der Waals surface area (Å²) < 4.78 is 5.65. The summed E-state index contributed by atoms with van der Waals surface area (Å²) in [6, 6.07) is 6.93. The lowest BCUT2D eigenvalue weighted by Gasteiger charge is -2.16. The van der Waals surface area contributed by atoms with E-state index in [2.05, 4.69) is 20.9 Å². The molecule has 0 spiro atoms. The molecular formula is C19H29N5O4. The first-order valence-corrected chi connectivity index (χ1v) is 9.45. The molecule has 0 aliphatic carbocycles. The smallest absolute Gasteiger partial charge is 0.324 e. The van der Waals surface area contributed by atoms with Gasteiger partial charge in [-0.1, -0.05) is 12.1 Å². The fourth-order valence-electron chi connectivity index (χ4n) is 2.66. The number of hydrogen-bond acceptors (Lipinski definition) is 5. The summed E-state index contributed by atoms with van der Waals surface area (Å²) in [6.45, 7) is 7.26. The number of benzene rings is 1. The molecular weight excluding hydrogens is 362 g/mol. The van der Waals surface area contributed by atoms with Gasteiger partial charge in [-0.25, -0.2) is 4.79 Å². The highest BCUT2D eigenvalue weighted by Crippen LogP contribution is 2.20. The van der Waals surface area contributed by atoms with Crippen LogP contribution in [0.3, 0.4) is 0 Å². The van der Waals surface area contributed by atoms with E-state index in [4.69, 9.17) is 4.74 Å². The molecule has 0 saturated carbocycles. The molecule has 4 N–H and O–H groups in total. The Balaban J connectivity index is 1.90. The number of amides is 3. The quantitative estimate of drug-likeness (QED) is 0.279. The summed E-state index contributed by atoms with van der Waals surface area (Å²) in [4.78, 5) is 28.6. The van der Waals surface area contributed by atoms with E-state index in [1.807, 2.05) is 39.0 Å². The average molecular weight is 391 g/mol. The Kier molecular flexibility index (Phi) is 8.06. The second-order valence-electron chi connectivity index (χ2n) is 6.61. The van der Waals surface area contributed by atoms with E-state index >= 15 is 0 Å². The van der Waals surface area contributed by atoms with Gasteiger partial charge in [0.2, 0.25) is 5.91 Å². The van der Waals surface area contributed by atoms with Crippen molar-refractivity contribution in [2.24, 2.45) is 4.99 Å². The van der Waals surface area contributed by atoms with Gasteiger partial charge in [-0.15, -0.1) is 0 Å². The molecule has 1 fully saturated rings. The topological polar surface area (TPSA) is 115 Å². The second-order valence-corrected chi connectivity index (χ2v) is 6.61. The molecule has 1 atom stereocenters. The zero-order valence-electron chi connectivity index (χ0n) is 16.6. The van der Waals surface area contributed by atoms with E-state index in [9.17, 15) is 14.7 Å². The molecule has 2 rings (SSSR count). The van der Waals surface area contributed by atoms with Crippen LogP contribution in [0.4, 0.5) is 4.79 Å². The Morgan fingerprint density at radius 2 is 2.14 bits per heavy atom. The van der Waals surface area contributed by atoms with Crippen molar-refractivity contribution in [2.45, 2.75) is 33.0 Å². The van der Waals surface area contributed by atoms with E-state index in [0.717, 1.165) is 10.5 Å². The number of guanidine groups is 1. The first-order chi connectivity index (χ1) is 13.4. The molecule has 1 heterocycles. The third-order valence-corrected chi connectivity index (χ3v) is 3.95. The van der Waals surface area contributed by atoms with Gasteiger partial charge in [0.1, 0.15) is 5.75 Å². The van der Waals surface area contributed by atoms with Gasteiger partial charge in [-0.05, 0) is 38.5 Å². The number of aliphatic hydroxyl groups excluding tert-OH is 1. The molecule has 9 nitrogen and oxygen atoms in total. The van der Waals surface area contributed by atoms with Crippen LogP contribution in [0.15, 0.2) is 29.3 Å². The maximum absolute atomic E-state index is 11.6. The number of rotatable bonds is 9. The zero-order valence-corrected chi connectivity index (χ0v) is 16.6. The van der Waals surface area contributed by atoms with Crippen LogP contribution in [0.2, 0.25) is 0 Å². The highest BCUT2D eigenvalue weighted by molar-refractivity contribution is 6.01. The Labute approximate surface area is 165 Å². The van der Waals surface area contributed by atoms with Crippen molar-refractivity contribution in [2.75, 3.05) is 32.7 Å². The van der Waals surface area contributed by atoms with E-state index in [1.54, 1.807) is 6.07 Å². The van der Waals surface area contributed by atoms with Crippen molar-refractivity contribution in [1.82, 2.24) is 20.9 Å². The normalized spacial score (nSPS) is 15.6. The van der Waals surface area contributed by atoms with Crippen LogP contribution in [-0.4, -0.2) is 66.7 Å². The fourth-order valence-corrected chi connectivity index (χ4v) is 2.66. The van der Waals surface area contributed by atoms with Crippen molar-refractivity contribution in [1.29, 1.82) is 0 Å². The number of carbonyl (C=O) groups excluding carboxylic acids is 2. The van der Waals surface area contributed by atoms with Crippen LogP contribution in [0.1, 0.15) is 32.4 Å². The Morgan fingerprint density at radius 3 is 2.79 bits per heavy atom. The number of nitrogens with zero attached hydrogens (tertiary/aromatic N) is 2. The molecule has 1 aliphatic rings. The van der Waals surface area contributed by atoms with Gasteiger partial charge in [0.25, 0.3) is 0 Å². The van der Waals surface area contributed by atoms with Crippen molar-refractivity contribution in [3.63, 3.8) is 0 Å². The number of imide groups is 1. The minimum absolute atomic E-state index is 0.0404. The average Bonchev–Trinajstić information content (AvgIpc) is 2.97. The SMILES string of the molecule is CCNC(=NCC(O)c1cccc(OC(C)C)c1)NCCN1C(=O)CNC1=O. The lowest BCUT2D eigenvalue weighted by Crippen LogP contribution is -2.43. The molecule has 0 radical (unpaired) electrons. The molecule has 154 valence electrons. The van der Waals surface area contributed by atoms with Gasteiger partial charge in [-0.3, -0.25) is 14.7 Å². The maximum atomic E-state index is 11.6. The van der Waals surface area contributed by atoms with Crippen LogP contribution in [0.5, 0.6) is 5.75 Å². The summed E-state index contributed by atoms with van der Waals surface area (Å²) in [5.74, 6) is 0.963. The van der Waals surface area contributed by atoms with Crippen LogP contribution in [-0.2, 0) is 4.79 Å². The largest absolute Gasteiger partial charge is 0.491 e. The number of ether oxygens (including phenoxy) is 1. The molecule has 28 heavy (non-hydrogen) atoms. The predicted octanol–water partition coefficient (Wildman–Crippen LogP) is 0.614. The molecule has 9 heteroatoms. The van der Waals surface area contributed by atoms with Crippen LogP contribution < -0.4 is 20.7 Å². The number of carbonyl (C=O) groups is 2. The molecule has 1 aliphatic heterocycles. The molecule has 1 aromatic carbocycles. The zero-order chi connectivity index (χ0) is 20.5. The van der Waals surface area contributed by atoms with Crippen LogP contribution in [0.25, 0.3) is 0 Å². The van der Waals surface area contributed by atoms with Gasteiger partial charge in [0.15, 0.2) is 5.96 Å². The van der Waals surface area contributed by atoms with Crippen molar-refractivity contribution >= 4 is 17.9 Å². The first-order valence-electron chi connectivity index (χ1n) is 9.45. The molecule has 3 amide bonds. The van der Waals surface area contributed by atoms with Gasteiger partial charge < -0.3 is 25.8 Å². The van der Waals surface area contributed by atoms with Crippen LogP contribution in [0, 0.1) is 0 Å². The van der Waals surface area contributed by atoms with Crippen LogP contribution >= 0.6 is 0 Å². The Morgan fingerprint density at radius 1 is 1.36 bits per heavy atom. The molecule has 1 aromatic rings. The minimum Gasteiger partial charge on any atom is -0.491 e. The molecule has 1 unspecified atom stereocenters. The standard InChI is InChI=1S/C19H29N5O4/c1-4-20-18(21-8-9-24-17(26)12-23-19(24)27)22-11-16(25)14-6-5-7-15(10-14)28-13(2)3/h5-7,10,13,16,25H,4,8-9,11-12H2,1-3H3,(H,23,27)(H2,20,21,22). The summed E-state index contributed by atoms with van der Waals surface area (Å²) in [7, 11) is 0. The van der Waals surface area contributed by atoms with Crippen molar-refractivity contribution in [3.8, 4) is 5.75 Å². The van der Waals surface area contributed by atoms with Crippen molar-refractivity contribution in [3.05, 3.63) is 29.8 Å². The number of aliphatic imine (C=N–C) groups is 1. The van der Waals surface area contributed by atoms with E-state index in [-0.39, 0.29) is 37.7 Å². The van der Waals surface area contributed by atoms with Crippen molar-refractivity contribution < 1.29 is 19.4 Å². The third-order valence-electron chi connectivity index (χ3n) is 3.95. The predicted molar refractivity (Wildman–Crippen MR) is 106 cm³/mol. The summed E-state index contributed by atoms with van der Waals surface area (Å²) in [5, 5.41) is 19.1. The van der Waals surface area contributed by atoms with E-state index in [0.29, 0.717) is 24.8 Å². The number of nitrogens with one attached hydrogen (secondary N) is 3. The van der Waals surface area contributed by atoms with Gasteiger partial charge in [-0.2, -0.15) is 0 Å². The Bertz CT molecular complexity index is 691. The molecule has 1 saturated heterocycles. The summed E-state index contributed by atoms with van der Waals surface area (Å²) in [6.07, 6.45) is -0.725. The van der Waals surface area contributed by atoms with Gasteiger partial charge in [0.05, 0.1) is 25.3 Å². The van der Waals surface area contributed by atoms with Gasteiger partial charge >= 0.3 is 6.03 Å². The summed E-state index contributed by atoms with van der Waals surface area (Å²) in [5.41, 5.74) is 0.720. The molecule has 0 aromatic heterocycles. The first kappa shape index (κ1) is 21.5. The van der Waals surface area contributed by atoms with Gasteiger partial charge in [0, 0.05) is 19.6 Å². The highest BCUT2D eigenvalue weighted by atomic mass is 16.5.